The maximum absolute atomic E-state index is 5.91. The van der Waals surface area contributed by atoms with Crippen molar-refractivity contribution < 1.29 is 4.42 Å². The zero-order valence-corrected chi connectivity index (χ0v) is 12.5. The van der Waals surface area contributed by atoms with Gasteiger partial charge in [0.1, 0.15) is 11.5 Å². The van der Waals surface area contributed by atoms with E-state index >= 15 is 0 Å². The van der Waals surface area contributed by atoms with Crippen molar-refractivity contribution in [2.75, 3.05) is 13.1 Å². The van der Waals surface area contributed by atoms with E-state index in [9.17, 15) is 0 Å². The highest BCUT2D eigenvalue weighted by molar-refractivity contribution is 5.21. The predicted molar refractivity (Wildman–Crippen MR) is 79.4 cm³/mol. The van der Waals surface area contributed by atoms with Crippen LogP contribution < -0.4 is 5.32 Å². The Bertz CT molecular complexity index is 465. The van der Waals surface area contributed by atoms with E-state index < -0.39 is 0 Å². The Morgan fingerprint density at radius 3 is 2.65 bits per heavy atom. The van der Waals surface area contributed by atoms with Gasteiger partial charge in [0.15, 0.2) is 0 Å². The summed E-state index contributed by atoms with van der Waals surface area (Å²) < 4.78 is 5.91. The third-order valence-corrected chi connectivity index (χ3v) is 5.41. The van der Waals surface area contributed by atoms with Crippen molar-refractivity contribution >= 4 is 0 Å². The lowest BCUT2D eigenvalue weighted by Gasteiger charge is -2.15. The molecule has 0 amide bonds. The smallest absolute Gasteiger partial charge is 0.118 e. The van der Waals surface area contributed by atoms with Crippen molar-refractivity contribution in [2.45, 2.75) is 58.2 Å². The van der Waals surface area contributed by atoms with Crippen molar-refractivity contribution in [1.29, 1.82) is 0 Å². The molecule has 110 valence electrons. The molecule has 1 aromatic rings. The number of likely N-dealkylation sites (tertiary alicyclic amines) is 1. The topological polar surface area (TPSA) is 28.4 Å². The summed E-state index contributed by atoms with van der Waals surface area (Å²) >= 11 is 0. The molecule has 3 nitrogen and oxygen atoms in total. The molecule has 2 atom stereocenters. The molecular weight excluding hydrogens is 248 g/mol. The highest BCUT2D eigenvalue weighted by Gasteiger charge is 2.36. The summed E-state index contributed by atoms with van der Waals surface area (Å²) in [6.45, 7) is 6.73. The zero-order valence-electron chi connectivity index (χ0n) is 12.5. The van der Waals surface area contributed by atoms with Gasteiger partial charge in [-0.2, -0.15) is 0 Å². The van der Waals surface area contributed by atoms with Crippen LogP contribution in [0.5, 0.6) is 0 Å². The van der Waals surface area contributed by atoms with Gasteiger partial charge in [-0.15, -0.1) is 0 Å². The van der Waals surface area contributed by atoms with E-state index in [2.05, 4.69) is 23.2 Å². The first-order valence-corrected chi connectivity index (χ1v) is 8.32. The van der Waals surface area contributed by atoms with Crippen LogP contribution >= 0.6 is 0 Å². The minimum absolute atomic E-state index is 0.752. The fourth-order valence-electron chi connectivity index (χ4n) is 4.07. The number of rotatable bonds is 5. The summed E-state index contributed by atoms with van der Waals surface area (Å²) in [7, 11) is 0. The summed E-state index contributed by atoms with van der Waals surface area (Å²) in [6.07, 6.45) is 7.06. The predicted octanol–water partition coefficient (Wildman–Crippen LogP) is 3.07. The molecular formula is C17H26N2O. The Labute approximate surface area is 121 Å². The number of fused-ring (bicyclic) bond motifs is 1. The molecule has 1 aromatic heterocycles. The lowest BCUT2D eigenvalue weighted by atomic mass is 10.0. The summed E-state index contributed by atoms with van der Waals surface area (Å²) in [5, 5.41) is 3.53. The maximum Gasteiger partial charge on any atom is 0.118 e. The number of hydrogen-bond donors (Lipinski definition) is 1. The first-order valence-electron chi connectivity index (χ1n) is 8.32. The maximum atomic E-state index is 5.91. The van der Waals surface area contributed by atoms with Crippen LogP contribution in [0.25, 0.3) is 0 Å². The molecule has 1 N–H and O–H groups in total. The molecule has 2 saturated carbocycles. The average molecular weight is 274 g/mol. The van der Waals surface area contributed by atoms with E-state index in [1.165, 1.54) is 50.8 Å². The Hall–Kier alpha value is -0.800. The first kappa shape index (κ1) is 12.9. The van der Waals surface area contributed by atoms with Gasteiger partial charge in [0, 0.05) is 31.2 Å². The lowest BCUT2D eigenvalue weighted by Crippen LogP contribution is -2.21. The molecule has 0 aromatic carbocycles. The molecule has 0 spiro atoms. The molecule has 1 aliphatic heterocycles. The number of aryl methyl sites for hydroxylation is 1. The number of nitrogens with zero attached hydrogens (tertiary/aromatic N) is 1. The first-order chi connectivity index (χ1) is 9.78. The van der Waals surface area contributed by atoms with Crippen LogP contribution in [0.1, 0.15) is 49.2 Å². The van der Waals surface area contributed by atoms with Gasteiger partial charge in [-0.25, -0.2) is 0 Å². The summed E-state index contributed by atoms with van der Waals surface area (Å²) in [5.74, 6) is 4.20. The van der Waals surface area contributed by atoms with E-state index in [1.54, 1.807) is 0 Å². The van der Waals surface area contributed by atoms with Gasteiger partial charge >= 0.3 is 0 Å². The second-order valence-electron chi connectivity index (χ2n) is 7.09. The minimum Gasteiger partial charge on any atom is -0.465 e. The normalized spacial score (nSPS) is 30.1. The van der Waals surface area contributed by atoms with Crippen LogP contribution in [-0.2, 0) is 13.1 Å². The number of furan rings is 1. The van der Waals surface area contributed by atoms with Gasteiger partial charge in [-0.1, -0.05) is 6.42 Å². The zero-order chi connectivity index (χ0) is 13.5. The molecule has 1 saturated heterocycles. The molecule has 2 aliphatic carbocycles. The standard InChI is InChI=1S/C17H26N2O/c1-12-15(7-17(20-12)8-18-16-5-6-16)11-19-9-13-3-2-4-14(13)10-19/h7,13-14,16,18H,2-6,8-11H2,1H3. The van der Waals surface area contributed by atoms with Gasteiger partial charge < -0.3 is 9.73 Å². The van der Waals surface area contributed by atoms with E-state index in [0.717, 1.165) is 42.5 Å². The Kier molecular flexibility index (Phi) is 3.35. The van der Waals surface area contributed by atoms with E-state index in [1.807, 2.05) is 0 Å². The second kappa shape index (κ2) is 5.19. The Balaban J connectivity index is 1.35. The summed E-state index contributed by atoms with van der Waals surface area (Å²) in [6, 6.07) is 3.03. The molecule has 0 radical (unpaired) electrons. The third kappa shape index (κ3) is 2.66. The quantitative estimate of drug-likeness (QED) is 0.894. The molecule has 3 heteroatoms. The van der Waals surface area contributed by atoms with Crippen molar-refractivity contribution in [3.05, 3.63) is 23.2 Å². The SMILES string of the molecule is Cc1oc(CNC2CC2)cc1CN1CC2CCCC2C1. The molecule has 20 heavy (non-hydrogen) atoms. The van der Waals surface area contributed by atoms with Crippen LogP contribution in [0.3, 0.4) is 0 Å². The van der Waals surface area contributed by atoms with Gasteiger partial charge in [0.2, 0.25) is 0 Å². The Morgan fingerprint density at radius 2 is 1.95 bits per heavy atom. The second-order valence-corrected chi connectivity index (χ2v) is 7.09. The average Bonchev–Trinajstić information content (AvgIpc) is 2.86. The third-order valence-electron chi connectivity index (χ3n) is 5.41. The number of hydrogen-bond acceptors (Lipinski definition) is 3. The fourth-order valence-corrected chi connectivity index (χ4v) is 4.07. The van der Waals surface area contributed by atoms with Gasteiger partial charge in [0.25, 0.3) is 0 Å². The molecule has 3 fully saturated rings. The van der Waals surface area contributed by atoms with Crippen molar-refractivity contribution in [3.63, 3.8) is 0 Å². The van der Waals surface area contributed by atoms with Gasteiger partial charge in [-0.3, -0.25) is 4.90 Å². The number of nitrogens with one attached hydrogen (secondary N) is 1. The van der Waals surface area contributed by atoms with E-state index in [4.69, 9.17) is 4.42 Å². The Morgan fingerprint density at radius 1 is 1.20 bits per heavy atom. The van der Waals surface area contributed by atoms with Crippen LogP contribution in [-0.4, -0.2) is 24.0 Å². The molecule has 0 bridgehead atoms. The van der Waals surface area contributed by atoms with E-state index in [0.29, 0.717) is 0 Å². The van der Waals surface area contributed by atoms with Gasteiger partial charge in [0.05, 0.1) is 6.54 Å². The van der Waals surface area contributed by atoms with Crippen LogP contribution in [0, 0.1) is 18.8 Å². The highest BCUT2D eigenvalue weighted by Crippen LogP contribution is 2.38. The minimum atomic E-state index is 0.752. The molecule has 4 rings (SSSR count). The van der Waals surface area contributed by atoms with Gasteiger partial charge in [-0.05, 0) is 50.5 Å². The molecule has 2 unspecified atom stereocenters. The van der Waals surface area contributed by atoms with Crippen molar-refractivity contribution in [3.8, 4) is 0 Å². The summed E-state index contributed by atoms with van der Waals surface area (Å²) in [4.78, 5) is 2.64. The van der Waals surface area contributed by atoms with Crippen LogP contribution in [0.4, 0.5) is 0 Å². The lowest BCUT2D eigenvalue weighted by molar-refractivity contribution is 0.301. The van der Waals surface area contributed by atoms with Crippen LogP contribution in [0.2, 0.25) is 0 Å². The molecule has 2 heterocycles. The molecule has 3 aliphatic rings. The van der Waals surface area contributed by atoms with E-state index in [-0.39, 0.29) is 0 Å². The van der Waals surface area contributed by atoms with Crippen molar-refractivity contribution in [1.82, 2.24) is 10.2 Å². The fraction of sp³-hybridized carbons (Fsp3) is 0.765. The largest absolute Gasteiger partial charge is 0.465 e. The summed E-state index contributed by atoms with van der Waals surface area (Å²) in [5.41, 5.74) is 1.40. The van der Waals surface area contributed by atoms with Crippen LogP contribution in [0.15, 0.2) is 10.5 Å². The van der Waals surface area contributed by atoms with Crippen molar-refractivity contribution in [2.24, 2.45) is 11.8 Å². The monoisotopic (exact) mass is 274 g/mol. The highest BCUT2D eigenvalue weighted by atomic mass is 16.3.